The normalized spacial score (nSPS) is 19.8. The predicted molar refractivity (Wildman–Crippen MR) is 75.9 cm³/mol. The summed E-state index contributed by atoms with van der Waals surface area (Å²) in [6, 6.07) is 7.40. The molecule has 1 aliphatic rings. The number of allylic oxidation sites excluding steroid dienone is 1. The molecule has 0 spiro atoms. The molecule has 0 radical (unpaired) electrons. The summed E-state index contributed by atoms with van der Waals surface area (Å²) in [7, 11) is -1.49. The first kappa shape index (κ1) is 14.6. The molecule has 0 saturated heterocycles. The molecule has 1 amide bonds. The first-order chi connectivity index (χ1) is 9.48. The Morgan fingerprint density at radius 3 is 2.60 bits per heavy atom. The number of ether oxygens (including phenoxy) is 1. The van der Waals surface area contributed by atoms with Crippen molar-refractivity contribution in [3.8, 4) is 5.75 Å². The van der Waals surface area contributed by atoms with Crippen molar-refractivity contribution in [2.24, 2.45) is 5.92 Å². The minimum atomic E-state index is -3.09. The van der Waals surface area contributed by atoms with E-state index in [2.05, 4.69) is 5.32 Å². The lowest BCUT2D eigenvalue weighted by Gasteiger charge is -2.08. The Labute approximate surface area is 118 Å². The first-order valence-corrected chi connectivity index (χ1v) is 8.00. The van der Waals surface area contributed by atoms with Crippen molar-refractivity contribution in [1.29, 1.82) is 0 Å². The number of methoxy groups -OCH3 is 1. The smallest absolute Gasteiger partial charge is 0.220 e. The Morgan fingerprint density at radius 1 is 1.35 bits per heavy atom. The van der Waals surface area contributed by atoms with Gasteiger partial charge in [0.2, 0.25) is 5.91 Å². The molecule has 0 aliphatic carbocycles. The van der Waals surface area contributed by atoms with Crippen molar-refractivity contribution >= 4 is 15.7 Å². The van der Waals surface area contributed by atoms with Gasteiger partial charge in [0.05, 0.1) is 12.9 Å². The van der Waals surface area contributed by atoms with Gasteiger partial charge in [-0.25, -0.2) is 8.42 Å². The van der Waals surface area contributed by atoms with Crippen LogP contribution in [0, 0.1) is 5.92 Å². The molecule has 20 heavy (non-hydrogen) atoms. The fraction of sp³-hybridized carbons (Fsp3) is 0.357. The van der Waals surface area contributed by atoms with Gasteiger partial charge < -0.3 is 10.1 Å². The van der Waals surface area contributed by atoms with Crippen LogP contribution in [0.1, 0.15) is 12.0 Å². The maximum Gasteiger partial charge on any atom is 0.220 e. The van der Waals surface area contributed by atoms with Gasteiger partial charge >= 0.3 is 0 Å². The van der Waals surface area contributed by atoms with Crippen LogP contribution in [0.25, 0.3) is 0 Å². The first-order valence-electron chi connectivity index (χ1n) is 6.29. The van der Waals surface area contributed by atoms with Gasteiger partial charge in [-0.1, -0.05) is 18.2 Å². The summed E-state index contributed by atoms with van der Waals surface area (Å²) in [5.74, 6) is 0.438. The highest BCUT2D eigenvalue weighted by Crippen LogP contribution is 2.18. The van der Waals surface area contributed by atoms with Crippen LogP contribution in [0.4, 0.5) is 0 Å². The van der Waals surface area contributed by atoms with Gasteiger partial charge in [0, 0.05) is 24.3 Å². The molecule has 1 atom stereocenters. The quantitative estimate of drug-likeness (QED) is 0.887. The number of rotatable bonds is 5. The van der Waals surface area contributed by atoms with Crippen LogP contribution < -0.4 is 10.1 Å². The van der Waals surface area contributed by atoms with Crippen LogP contribution in [-0.4, -0.2) is 27.2 Å². The minimum absolute atomic E-state index is 0.0307. The zero-order chi connectivity index (χ0) is 14.6. The summed E-state index contributed by atoms with van der Waals surface area (Å²) >= 11 is 0. The van der Waals surface area contributed by atoms with E-state index in [0.29, 0.717) is 6.54 Å². The van der Waals surface area contributed by atoms with E-state index >= 15 is 0 Å². The maximum atomic E-state index is 11.7. The summed E-state index contributed by atoms with van der Waals surface area (Å²) in [5.41, 5.74) is 0.966. The van der Waals surface area contributed by atoms with Crippen LogP contribution in [0.2, 0.25) is 0 Å². The maximum absolute atomic E-state index is 11.7. The molecule has 108 valence electrons. The number of hydrogen-bond donors (Lipinski definition) is 1. The average Bonchev–Trinajstić information content (AvgIpc) is 2.76. The number of carbonyl (C=O) groups is 1. The molecule has 1 aromatic carbocycles. The number of nitrogens with one attached hydrogen (secondary N) is 1. The Morgan fingerprint density at radius 2 is 2.05 bits per heavy atom. The lowest BCUT2D eigenvalue weighted by atomic mass is 10.1. The van der Waals surface area contributed by atoms with Gasteiger partial charge in [0.25, 0.3) is 0 Å². The van der Waals surface area contributed by atoms with Crippen LogP contribution >= 0.6 is 0 Å². The van der Waals surface area contributed by atoms with Crippen molar-refractivity contribution < 1.29 is 17.9 Å². The highest BCUT2D eigenvalue weighted by Gasteiger charge is 2.23. The molecule has 1 aromatic rings. The number of carbonyl (C=O) groups excluding carboxylic acids is 1. The van der Waals surface area contributed by atoms with Gasteiger partial charge in [-0.05, 0) is 17.7 Å². The SMILES string of the molecule is COc1ccc(CNC(=O)CC2C=CS(=O)(=O)C2)cc1. The van der Waals surface area contributed by atoms with Crippen molar-refractivity contribution in [2.45, 2.75) is 13.0 Å². The van der Waals surface area contributed by atoms with Crippen molar-refractivity contribution in [3.05, 3.63) is 41.3 Å². The second-order valence-corrected chi connectivity index (χ2v) is 6.68. The molecule has 0 saturated carbocycles. The van der Waals surface area contributed by atoms with Crippen molar-refractivity contribution in [1.82, 2.24) is 5.32 Å². The molecule has 0 aromatic heterocycles. The third-order valence-electron chi connectivity index (χ3n) is 3.10. The Balaban J connectivity index is 1.79. The van der Waals surface area contributed by atoms with Crippen molar-refractivity contribution in [2.75, 3.05) is 12.9 Å². The summed E-state index contributed by atoms with van der Waals surface area (Å²) in [6.07, 6.45) is 1.79. The molecule has 1 aliphatic heterocycles. The highest BCUT2D eigenvalue weighted by molar-refractivity contribution is 7.94. The van der Waals surface area contributed by atoms with E-state index in [1.54, 1.807) is 13.2 Å². The molecule has 1 heterocycles. The molecule has 0 fully saturated rings. The third kappa shape index (κ3) is 4.09. The zero-order valence-electron chi connectivity index (χ0n) is 11.2. The van der Waals surface area contributed by atoms with Gasteiger partial charge in [-0.15, -0.1) is 0 Å². The summed E-state index contributed by atoms with van der Waals surface area (Å²) in [6.45, 7) is 0.423. The van der Waals surface area contributed by atoms with Gasteiger partial charge in [-0.2, -0.15) is 0 Å². The van der Waals surface area contributed by atoms with Crippen LogP contribution in [0.5, 0.6) is 5.75 Å². The number of hydrogen-bond acceptors (Lipinski definition) is 4. The highest BCUT2D eigenvalue weighted by atomic mass is 32.2. The lowest BCUT2D eigenvalue weighted by Crippen LogP contribution is -2.25. The lowest BCUT2D eigenvalue weighted by molar-refractivity contribution is -0.121. The molecule has 2 rings (SSSR count). The second-order valence-electron chi connectivity index (χ2n) is 4.75. The van der Waals surface area contributed by atoms with E-state index < -0.39 is 9.84 Å². The monoisotopic (exact) mass is 295 g/mol. The standard InChI is InChI=1S/C14H17NO4S/c1-19-13-4-2-11(3-5-13)9-15-14(16)8-12-6-7-20(17,18)10-12/h2-7,12H,8-10H2,1H3,(H,15,16). The van der Waals surface area contributed by atoms with E-state index in [1.165, 1.54) is 5.41 Å². The molecule has 6 heteroatoms. The molecule has 5 nitrogen and oxygen atoms in total. The Kier molecular flexibility index (Phi) is 4.44. The van der Waals surface area contributed by atoms with Gasteiger partial charge in [0.15, 0.2) is 9.84 Å². The van der Waals surface area contributed by atoms with Crippen molar-refractivity contribution in [3.63, 3.8) is 0 Å². The van der Waals surface area contributed by atoms with E-state index in [9.17, 15) is 13.2 Å². The predicted octanol–water partition coefficient (Wildman–Crippen LogP) is 1.26. The second kappa shape index (κ2) is 6.09. The zero-order valence-corrected chi connectivity index (χ0v) is 12.0. The molecule has 1 N–H and O–H groups in total. The van der Waals surface area contributed by atoms with Crippen LogP contribution in [0.3, 0.4) is 0 Å². The minimum Gasteiger partial charge on any atom is -0.497 e. The molecular weight excluding hydrogens is 278 g/mol. The molecule has 0 bridgehead atoms. The number of sulfone groups is 1. The Bertz CT molecular complexity index is 605. The summed E-state index contributed by atoms with van der Waals surface area (Å²) < 4.78 is 27.5. The van der Waals surface area contributed by atoms with E-state index in [-0.39, 0.29) is 24.0 Å². The topological polar surface area (TPSA) is 72.5 Å². The Hall–Kier alpha value is -1.82. The van der Waals surface area contributed by atoms with Gasteiger partial charge in [-0.3, -0.25) is 4.79 Å². The van der Waals surface area contributed by atoms with Crippen LogP contribution in [-0.2, 0) is 21.2 Å². The largest absolute Gasteiger partial charge is 0.497 e. The fourth-order valence-corrected chi connectivity index (χ4v) is 3.42. The van der Waals surface area contributed by atoms with Gasteiger partial charge in [0.1, 0.15) is 5.75 Å². The molecule has 1 unspecified atom stereocenters. The third-order valence-corrected chi connectivity index (χ3v) is 4.57. The summed E-state index contributed by atoms with van der Waals surface area (Å²) in [5, 5.41) is 3.97. The van der Waals surface area contributed by atoms with E-state index in [0.717, 1.165) is 11.3 Å². The summed E-state index contributed by atoms with van der Waals surface area (Å²) in [4.78, 5) is 11.7. The van der Waals surface area contributed by atoms with Crippen LogP contribution in [0.15, 0.2) is 35.7 Å². The van der Waals surface area contributed by atoms with E-state index in [1.807, 2.05) is 24.3 Å². The number of amides is 1. The fourth-order valence-electron chi connectivity index (χ4n) is 2.02. The molecular formula is C14H17NO4S. The van der Waals surface area contributed by atoms with E-state index in [4.69, 9.17) is 4.74 Å². The average molecular weight is 295 g/mol. The number of benzene rings is 1.